The van der Waals surface area contributed by atoms with Gasteiger partial charge in [-0.2, -0.15) is 5.26 Å². The van der Waals surface area contributed by atoms with E-state index in [2.05, 4.69) is 11.1 Å². The van der Waals surface area contributed by atoms with E-state index in [-0.39, 0.29) is 22.3 Å². The molecule has 0 fully saturated rings. The van der Waals surface area contributed by atoms with Crippen molar-refractivity contribution in [1.82, 2.24) is 9.38 Å². The van der Waals surface area contributed by atoms with Gasteiger partial charge in [0.05, 0.1) is 10.9 Å². The first-order valence-electron chi connectivity index (χ1n) is 6.71. The van der Waals surface area contributed by atoms with E-state index in [1.165, 1.54) is 4.40 Å². The topological polar surface area (TPSA) is 78.1 Å². The Balaban J connectivity index is 2.49. The number of H-pyrrole nitrogens is 1. The summed E-state index contributed by atoms with van der Waals surface area (Å²) in [7, 11) is 0. The van der Waals surface area contributed by atoms with Crippen molar-refractivity contribution < 1.29 is 0 Å². The molecule has 0 saturated heterocycles. The zero-order valence-corrected chi connectivity index (χ0v) is 11.3. The van der Waals surface area contributed by atoms with Gasteiger partial charge in [0, 0.05) is 10.8 Å². The first kappa shape index (κ1) is 12.4. The van der Waals surface area contributed by atoms with Crippen LogP contribution in [0.2, 0.25) is 0 Å². The third kappa shape index (κ3) is 1.46. The second kappa shape index (κ2) is 4.30. The minimum absolute atomic E-state index is 0.231. The van der Waals surface area contributed by atoms with Crippen LogP contribution in [0.15, 0.2) is 58.1 Å². The van der Waals surface area contributed by atoms with E-state index < -0.39 is 0 Å². The Morgan fingerprint density at radius 3 is 2.27 bits per heavy atom. The minimum atomic E-state index is -0.318. The Labute approximate surface area is 123 Å². The van der Waals surface area contributed by atoms with E-state index in [4.69, 9.17) is 0 Å². The van der Waals surface area contributed by atoms with Crippen molar-refractivity contribution in [3.8, 4) is 6.07 Å². The molecule has 0 atom stereocenters. The largest absolute Gasteiger partial charge is 0.306 e. The molecule has 22 heavy (non-hydrogen) atoms. The van der Waals surface area contributed by atoms with Crippen molar-refractivity contribution in [2.24, 2.45) is 0 Å². The second-order valence-electron chi connectivity index (χ2n) is 4.99. The van der Waals surface area contributed by atoms with Gasteiger partial charge in [-0.3, -0.25) is 14.0 Å². The lowest BCUT2D eigenvalue weighted by molar-refractivity contribution is 1.10. The molecule has 0 amide bonds. The fourth-order valence-corrected chi connectivity index (χ4v) is 2.85. The van der Waals surface area contributed by atoms with Crippen LogP contribution in [0, 0.1) is 11.3 Å². The van der Waals surface area contributed by atoms with Gasteiger partial charge in [0.1, 0.15) is 17.3 Å². The number of fused-ring (bicyclic) bond motifs is 4. The third-order valence-electron chi connectivity index (χ3n) is 3.82. The van der Waals surface area contributed by atoms with E-state index in [1.807, 2.05) is 0 Å². The number of nitriles is 1. The van der Waals surface area contributed by atoms with E-state index in [0.717, 1.165) is 0 Å². The molecule has 4 aromatic rings. The zero-order chi connectivity index (χ0) is 15.3. The van der Waals surface area contributed by atoms with Gasteiger partial charge >= 0.3 is 0 Å². The molecule has 104 valence electrons. The van der Waals surface area contributed by atoms with Gasteiger partial charge < -0.3 is 4.98 Å². The molecule has 4 rings (SSSR count). The summed E-state index contributed by atoms with van der Waals surface area (Å²) in [4.78, 5) is 27.7. The highest BCUT2D eigenvalue weighted by Crippen LogP contribution is 2.20. The van der Waals surface area contributed by atoms with Crippen LogP contribution in [0.1, 0.15) is 5.56 Å². The van der Waals surface area contributed by atoms with Crippen LogP contribution in [0.5, 0.6) is 0 Å². The number of rotatable bonds is 0. The molecule has 2 heterocycles. The molecule has 5 heteroatoms. The molecule has 0 bridgehead atoms. The summed E-state index contributed by atoms with van der Waals surface area (Å²) in [6.07, 6.45) is 0. The van der Waals surface area contributed by atoms with E-state index in [0.29, 0.717) is 21.7 Å². The molecule has 0 aliphatic heterocycles. The Morgan fingerprint density at radius 1 is 0.909 bits per heavy atom. The van der Waals surface area contributed by atoms with E-state index in [9.17, 15) is 14.9 Å². The molecular formula is C17H9N3O2. The van der Waals surface area contributed by atoms with Crippen LogP contribution in [0.25, 0.3) is 27.3 Å². The quantitative estimate of drug-likeness (QED) is 0.397. The van der Waals surface area contributed by atoms with Crippen LogP contribution in [-0.2, 0) is 0 Å². The number of benzene rings is 2. The Bertz CT molecular complexity index is 1230. The smallest absolute Gasteiger partial charge is 0.264 e. The van der Waals surface area contributed by atoms with Gasteiger partial charge in [0.2, 0.25) is 0 Å². The average molecular weight is 287 g/mol. The highest BCUT2D eigenvalue weighted by Gasteiger charge is 2.14. The normalized spacial score (nSPS) is 11.0. The molecule has 0 saturated carbocycles. The van der Waals surface area contributed by atoms with Gasteiger partial charge in [-0.05, 0) is 18.2 Å². The number of hydrogen-bond acceptors (Lipinski definition) is 3. The molecule has 2 aromatic carbocycles. The molecule has 0 spiro atoms. The summed E-state index contributed by atoms with van der Waals surface area (Å²) >= 11 is 0. The highest BCUT2D eigenvalue weighted by molar-refractivity contribution is 5.94. The fourth-order valence-electron chi connectivity index (χ4n) is 2.85. The average Bonchev–Trinajstić information content (AvgIpc) is 2.55. The standard InChI is InChI=1S/C17H9N3O2/c18-9-13-10-5-1-2-6-11(10)17(22)20-14-8-4-3-7-12(14)16(21)19-15(13)20/h1-8H,(H,19,21). The molecule has 2 aromatic heterocycles. The van der Waals surface area contributed by atoms with Crippen molar-refractivity contribution in [2.45, 2.75) is 0 Å². The first-order valence-corrected chi connectivity index (χ1v) is 6.71. The predicted octanol–water partition coefficient (Wildman–Crippen LogP) is 2.17. The Morgan fingerprint density at radius 2 is 1.55 bits per heavy atom. The van der Waals surface area contributed by atoms with Crippen molar-refractivity contribution >= 4 is 27.3 Å². The summed E-state index contributed by atoms with van der Waals surface area (Å²) in [5.41, 5.74) is 0.445. The fraction of sp³-hybridized carbons (Fsp3) is 0. The predicted molar refractivity (Wildman–Crippen MR) is 84.0 cm³/mol. The molecule has 0 unspecified atom stereocenters. The lowest BCUT2D eigenvalue weighted by Gasteiger charge is -2.09. The van der Waals surface area contributed by atoms with Crippen molar-refractivity contribution in [2.75, 3.05) is 0 Å². The second-order valence-corrected chi connectivity index (χ2v) is 4.99. The summed E-state index contributed by atoms with van der Waals surface area (Å²) in [6, 6.07) is 15.9. The molecule has 5 nitrogen and oxygen atoms in total. The molecule has 0 aliphatic rings. The number of para-hydroxylation sites is 1. The summed E-state index contributed by atoms with van der Waals surface area (Å²) in [5, 5.41) is 10.9. The maximum Gasteiger partial charge on any atom is 0.264 e. The molecular weight excluding hydrogens is 278 g/mol. The van der Waals surface area contributed by atoms with Gasteiger partial charge in [0.15, 0.2) is 0 Å². The summed E-state index contributed by atoms with van der Waals surface area (Å²) in [6.45, 7) is 0. The highest BCUT2D eigenvalue weighted by atomic mass is 16.1. The Hall–Kier alpha value is -3.39. The van der Waals surface area contributed by atoms with Crippen LogP contribution in [0.3, 0.4) is 0 Å². The maximum atomic E-state index is 12.8. The van der Waals surface area contributed by atoms with Crippen LogP contribution < -0.4 is 11.1 Å². The molecule has 1 N–H and O–H groups in total. The molecule has 0 radical (unpaired) electrons. The Kier molecular flexibility index (Phi) is 2.42. The van der Waals surface area contributed by atoms with Crippen LogP contribution in [-0.4, -0.2) is 9.38 Å². The van der Waals surface area contributed by atoms with Crippen molar-refractivity contribution in [1.29, 1.82) is 5.26 Å². The van der Waals surface area contributed by atoms with E-state index in [1.54, 1.807) is 48.5 Å². The molecule has 0 aliphatic carbocycles. The number of nitrogens with zero attached hydrogens (tertiary/aromatic N) is 2. The van der Waals surface area contributed by atoms with Crippen molar-refractivity contribution in [3.63, 3.8) is 0 Å². The van der Waals surface area contributed by atoms with Gasteiger partial charge in [-0.25, -0.2) is 0 Å². The number of aromatic nitrogens is 2. The number of pyridine rings is 1. The number of aromatic amines is 1. The van der Waals surface area contributed by atoms with Crippen LogP contribution in [0.4, 0.5) is 0 Å². The van der Waals surface area contributed by atoms with E-state index >= 15 is 0 Å². The lowest BCUT2D eigenvalue weighted by atomic mass is 10.1. The third-order valence-corrected chi connectivity index (χ3v) is 3.82. The van der Waals surface area contributed by atoms with Gasteiger partial charge in [-0.1, -0.05) is 30.3 Å². The minimum Gasteiger partial charge on any atom is -0.306 e. The van der Waals surface area contributed by atoms with Gasteiger partial charge in [0.25, 0.3) is 11.1 Å². The monoisotopic (exact) mass is 287 g/mol. The first-order chi connectivity index (χ1) is 10.7. The number of nitrogens with one attached hydrogen (secondary N) is 1. The summed E-state index contributed by atoms with van der Waals surface area (Å²) in [5.74, 6) is 0. The van der Waals surface area contributed by atoms with Gasteiger partial charge in [-0.15, -0.1) is 0 Å². The number of hydrogen-bond donors (Lipinski definition) is 1. The zero-order valence-electron chi connectivity index (χ0n) is 11.3. The lowest BCUT2D eigenvalue weighted by Crippen LogP contribution is -2.21. The SMILES string of the molecule is N#Cc1c2ccccc2c(=O)n2c1[nH]c(=O)c1ccccc12. The van der Waals surface area contributed by atoms with Crippen molar-refractivity contribution in [3.05, 3.63) is 74.8 Å². The summed E-state index contributed by atoms with van der Waals surface area (Å²) < 4.78 is 1.40. The maximum absolute atomic E-state index is 12.8. The van der Waals surface area contributed by atoms with Crippen LogP contribution >= 0.6 is 0 Å².